The van der Waals surface area contributed by atoms with E-state index in [9.17, 15) is 5.11 Å². The van der Waals surface area contributed by atoms with Crippen LogP contribution in [0.3, 0.4) is 0 Å². The molecular formula is C17H20ClNO. The molecule has 2 aromatic rings. The zero-order chi connectivity index (χ0) is 14.7. The standard InChI is InChI=1S/C17H20ClNO/c1-4-19(17-8-6-5-7-12(17)2)14-9-10-15(13(3)20)16(18)11-14/h5-11,13,20H,4H2,1-3H3. The van der Waals surface area contributed by atoms with Crippen molar-refractivity contribution in [3.63, 3.8) is 0 Å². The lowest BCUT2D eigenvalue weighted by atomic mass is 10.1. The van der Waals surface area contributed by atoms with Crippen LogP contribution in [-0.2, 0) is 0 Å². The fourth-order valence-electron chi connectivity index (χ4n) is 2.38. The number of benzene rings is 2. The molecule has 0 fully saturated rings. The first-order valence-corrected chi connectivity index (χ1v) is 7.23. The molecule has 106 valence electrons. The first kappa shape index (κ1) is 14.9. The van der Waals surface area contributed by atoms with Crippen molar-refractivity contribution in [2.24, 2.45) is 0 Å². The van der Waals surface area contributed by atoms with E-state index in [4.69, 9.17) is 11.6 Å². The SMILES string of the molecule is CCN(c1ccc(C(C)O)c(Cl)c1)c1ccccc1C. The number of aryl methyl sites for hydroxylation is 1. The maximum Gasteiger partial charge on any atom is 0.0776 e. The lowest BCUT2D eigenvalue weighted by Crippen LogP contribution is -2.17. The van der Waals surface area contributed by atoms with Gasteiger partial charge in [0, 0.05) is 22.9 Å². The molecule has 0 aliphatic heterocycles. The van der Waals surface area contributed by atoms with Gasteiger partial charge in [0.25, 0.3) is 0 Å². The molecule has 0 heterocycles. The van der Waals surface area contributed by atoms with Crippen LogP contribution >= 0.6 is 11.6 Å². The van der Waals surface area contributed by atoms with Crippen LogP contribution in [0.5, 0.6) is 0 Å². The van der Waals surface area contributed by atoms with Crippen molar-refractivity contribution in [1.82, 2.24) is 0 Å². The zero-order valence-corrected chi connectivity index (χ0v) is 12.9. The van der Waals surface area contributed by atoms with Crippen LogP contribution in [0, 0.1) is 6.92 Å². The molecule has 0 spiro atoms. The monoisotopic (exact) mass is 289 g/mol. The molecule has 0 saturated carbocycles. The number of aliphatic hydroxyl groups excluding tert-OH is 1. The Hall–Kier alpha value is -1.51. The Kier molecular flexibility index (Phi) is 4.69. The quantitative estimate of drug-likeness (QED) is 0.869. The smallest absolute Gasteiger partial charge is 0.0776 e. The summed E-state index contributed by atoms with van der Waals surface area (Å²) in [7, 11) is 0. The highest BCUT2D eigenvalue weighted by Crippen LogP contribution is 2.32. The van der Waals surface area contributed by atoms with E-state index in [1.807, 2.05) is 30.3 Å². The van der Waals surface area contributed by atoms with Crippen LogP contribution in [-0.4, -0.2) is 11.7 Å². The third-order valence-electron chi connectivity index (χ3n) is 3.47. The first-order valence-electron chi connectivity index (χ1n) is 6.85. The van der Waals surface area contributed by atoms with Crippen LogP contribution < -0.4 is 4.90 Å². The second-order valence-corrected chi connectivity index (χ2v) is 5.32. The Labute approximate surface area is 125 Å². The summed E-state index contributed by atoms with van der Waals surface area (Å²) in [5.41, 5.74) is 4.20. The molecule has 2 nitrogen and oxygen atoms in total. The summed E-state index contributed by atoms with van der Waals surface area (Å²) >= 11 is 6.27. The fourth-order valence-corrected chi connectivity index (χ4v) is 2.71. The van der Waals surface area contributed by atoms with Gasteiger partial charge in [0.05, 0.1) is 6.10 Å². The summed E-state index contributed by atoms with van der Waals surface area (Å²) in [6.45, 7) is 6.79. The summed E-state index contributed by atoms with van der Waals surface area (Å²) in [6.07, 6.45) is -0.551. The second kappa shape index (κ2) is 6.29. The van der Waals surface area contributed by atoms with Crippen LogP contribution in [0.1, 0.15) is 31.1 Å². The molecule has 0 bridgehead atoms. The van der Waals surface area contributed by atoms with E-state index in [1.54, 1.807) is 6.92 Å². The van der Waals surface area contributed by atoms with Crippen molar-refractivity contribution < 1.29 is 5.11 Å². The Morgan fingerprint density at radius 1 is 1.20 bits per heavy atom. The topological polar surface area (TPSA) is 23.5 Å². The number of nitrogens with zero attached hydrogens (tertiary/aromatic N) is 1. The minimum absolute atomic E-state index is 0.551. The van der Waals surface area contributed by atoms with E-state index in [0.717, 1.165) is 17.8 Å². The van der Waals surface area contributed by atoms with Gasteiger partial charge >= 0.3 is 0 Å². The highest BCUT2D eigenvalue weighted by molar-refractivity contribution is 6.31. The number of aliphatic hydroxyl groups is 1. The van der Waals surface area contributed by atoms with E-state index in [0.29, 0.717) is 5.02 Å². The summed E-state index contributed by atoms with van der Waals surface area (Å²) in [5.74, 6) is 0. The average molecular weight is 290 g/mol. The van der Waals surface area contributed by atoms with E-state index in [1.165, 1.54) is 11.3 Å². The molecule has 1 atom stereocenters. The summed E-state index contributed by atoms with van der Waals surface area (Å²) < 4.78 is 0. The van der Waals surface area contributed by atoms with Crippen molar-refractivity contribution >= 4 is 23.0 Å². The van der Waals surface area contributed by atoms with Crippen molar-refractivity contribution in [2.75, 3.05) is 11.4 Å². The molecule has 0 aliphatic carbocycles. The molecule has 0 saturated heterocycles. The molecule has 0 aliphatic rings. The van der Waals surface area contributed by atoms with Crippen LogP contribution in [0.25, 0.3) is 0 Å². The molecule has 20 heavy (non-hydrogen) atoms. The number of hydrogen-bond acceptors (Lipinski definition) is 2. The van der Waals surface area contributed by atoms with Crippen LogP contribution in [0.2, 0.25) is 5.02 Å². The Bertz CT molecular complexity index is 595. The summed E-state index contributed by atoms with van der Waals surface area (Å²) in [5, 5.41) is 10.3. The first-order chi connectivity index (χ1) is 9.54. The molecule has 1 N–H and O–H groups in total. The highest BCUT2D eigenvalue weighted by atomic mass is 35.5. The lowest BCUT2D eigenvalue weighted by molar-refractivity contribution is 0.199. The molecule has 2 aromatic carbocycles. The van der Waals surface area contributed by atoms with Crippen LogP contribution in [0.4, 0.5) is 11.4 Å². The number of hydrogen-bond donors (Lipinski definition) is 1. The Balaban J connectivity index is 2.43. The average Bonchev–Trinajstić information content (AvgIpc) is 2.41. The Morgan fingerprint density at radius 2 is 1.90 bits per heavy atom. The number of anilines is 2. The van der Waals surface area contributed by atoms with Crippen molar-refractivity contribution in [3.05, 3.63) is 58.6 Å². The van der Waals surface area contributed by atoms with Gasteiger partial charge in [0.15, 0.2) is 0 Å². The van der Waals surface area contributed by atoms with Gasteiger partial charge < -0.3 is 10.0 Å². The molecular weight excluding hydrogens is 270 g/mol. The molecule has 3 heteroatoms. The molecule has 2 rings (SSSR count). The van der Waals surface area contributed by atoms with Crippen molar-refractivity contribution in [1.29, 1.82) is 0 Å². The third kappa shape index (κ3) is 2.97. The number of para-hydroxylation sites is 1. The van der Waals surface area contributed by atoms with Gasteiger partial charge in [-0.1, -0.05) is 35.9 Å². The second-order valence-electron chi connectivity index (χ2n) is 4.91. The van der Waals surface area contributed by atoms with E-state index >= 15 is 0 Å². The van der Waals surface area contributed by atoms with Gasteiger partial charge in [-0.25, -0.2) is 0 Å². The number of rotatable bonds is 4. The van der Waals surface area contributed by atoms with E-state index < -0.39 is 6.10 Å². The predicted octanol–water partition coefficient (Wildman–Crippen LogP) is 4.86. The van der Waals surface area contributed by atoms with Crippen LogP contribution in [0.15, 0.2) is 42.5 Å². The molecule has 0 radical (unpaired) electrons. The van der Waals surface area contributed by atoms with Gasteiger partial charge in [0.2, 0.25) is 0 Å². The summed E-state index contributed by atoms with van der Waals surface area (Å²) in [6, 6.07) is 14.1. The minimum Gasteiger partial charge on any atom is -0.389 e. The minimum atomic E-state index is -0.551. The maximum atomic E-state index is 9.65. The number of halogens is 1. The van der Waals surface area contributed by atoms with Gasteiger partial charge in [-0.3, -0.25) is 0 Å². The van der Waals surface area contributed by atoms with Gasteiger partial charge in [-0.15, -0.1) is 0 Å². The van der Waals surface area contributed by atoms with Gasteiger partial charge in [0.1, 0.15) is 0 Å². The van der Waals surface area contributed by atoms with Gasteiger partial charge in [-0.2, -0.15) is 0 Å². The predicted molar refractivity (Wildman–Crippen MR) is 85.9 cm³/mol. The normalized spacial score (nSPS) is 12.2. The highest BCUT2D eigenvalue weighted by Gasteiger charge is 2.13. The zero-order valence-electron chi connectivity index (χ0n) is 12.1. The largest absolute Gasteiger partial charge is 0.389 e. The van der Waals surface area contributed by atoms with Crippen molar-refractivity contribution in [3.8, 4) is 0 Å². The fraction of sp³-hybridized carbons (Fsp3) is 0.294. The maximum absolute atomic E-state index is 9.65. The lowest BCUT2D eigenvalue weighted by Gasteiger charge is -2.26. The molecule has 0 aromatic heterocycles. The third-order valence-corrected chi connectivity index (χ3v) is 3.80. The summed E-state index contributed by atoms with van der Waals surface area (Å²) in [4.78, 5) is 2.22. The molecule has 0 amide bonds. The van der Waals surface area contributed by atoms with E-state index in [-0.39, 0.29) is 0 Å². The van der Waals surface area contributed by atoms with Gasteiger partial charge in [-0.05, 0) is 50.1 Å². The Morgan fingerprint density at radius 3 is 2.45 bits per heavy atom. The van der Waals surface area contributed by atoms with Crippen molar-refractivity contribution in [2.45, 2.75) is 26.9 Å². The van der Waals surface area contributed by atoms with E-state index in [2.05, 4.69) is 30.9 Å². The molecule has 1 unspecified atom stereocenters.